The molecule has 0 spiro atoms. The quantitative estimate of drug-likeness (QED) is 0.318. The second-order valence-corrected chi connectivity index (χ2v) is 3.03. The number of rotatable bonds is 5. The highest BCUT2D eigenvalue weighted by Gasteiger charge is 2.02. The van der Waals surface area contributed by atoms with Gasteiger partial charge in [0.05, 0.1) is 7.11 Å². The monoisotopic (exact) mass is 209 g/mol. The third-order valence-electron chi connectivity index (χ3n) is 2.00. The molecule has 0 atom stereocenters. The van der Waals surface area contributed by atoms with Crippen LogP contribution in [0.15, 0.2) is 23.3 Å². The highest BCUT2D eigenvalue weighted by atomic mass is 19.1. The fourth-order valence-corrected chi connectivity index (χ4v) is 1.26. The smallest absolute Gasteiger partial charge is 0.165 e. The number of methoxy groups -OCH3 is 1. The maximum absolute atomic E-state index is 13.2. The van der Waals surface area contributed by atoms with E-state index in [0.29, 0.717) is 13.0 Å². The van der Waals surface area contributed by atoms with Crippen LogP contribution in [-0.2, 0) is 6.42 Å². The molecule has 0 bridgehead atoms. The summed E-state index contributed by atoms with van der Waals surface area (Å²) in [6.07, 6.45) is 1.41. The molecule has 1 aromatic carbocycles. The topological polar surface area (TPSA) is 58.0 Å². The van der Waals surface area contributed by atoms with Gasteiger partial charge in [-0.1, -0.05) is 11.2 Å². The molecule has 0 aliphatic rings. The molecule has 0 aliphatic heterocycles. The van der Waals surface area contributed by atoms with Crippen LogP contribution in [0.2, 0.25) is 0 Å². The molecule has 5 heteroatoms. The summed E-state index contributed by atoms with van der Waals surface area (Å²) in [5.74, 6) is -0.118. The first-order chi connectivity index (χ1) is 7.27. The SMILES string of the molecule is COc1ccc(CCCN=[N+]=[N-])cc1F. The van der Waals surface area contributed by atoms with Crippen molar-refractivity contribution in [3.8, 4) is 5.75 Å². The minimum absolute atomic E-state index is 0.244. The summed E-state index contributed by atoms with van der Waals surface area (Å²) in [5.41, 5.74) is 8.93. The minimum atomic E-state index is -0.362. The van der Waals surface area contributed by atoms with Crippen LogP contribution in [0, 0.1) is 5.82 Å². The van der Waals surface area contributed by atoms with Gasteiger partial charge in [-0.15, -0.1) is 0 Å². The Labute approximate surface area is 87.3 Å². The second-order valence-electron chi connectivity index (χ2n) is 3.03. The number of hydrogen-bond donors (Lipinski definition) is 0. The Morgan fingerprint density at radius 2 is 2.33 bits per heavy atom. The van der Waals surface area contributed by atoms with Crippen LogP contribution < -0.4 is 4.74 Å². The molecule has 1 aromatic rings. The van der Waals surface area contributed by atoms with Crippen LogP contribution in [0.4, 0.5) is 4.39 Å². The Bertz CT molecular complexity index is 375. The van der Waals surface area contributed by atoms with Gasteiger partial charge in [0.2, 0.25) is 0 Å². The lowest BCUT2D eigenvalue weighted by Gasteiger charge is -2.04. The molecule has 0 saturated heterocycles. The van der Waals surface area contributed by atoms with Crippen LogP contribution in [0.1, 0.15) is 12.0 Å². The molecule has 0 heterocycles. The lowest BCUT2D eigenvalue weighted by atomic mass is 10.1. The zero-order valence-corrected chi connectivity index (χ0v) is 8.48. The Hall–Kier alpha value is -1.74. The Morgan fingerprint density at radius 1 is 1.53 bits per heavy atom. The number of aryl methyl sites for hydroxylation is 1. The first kappa shape index (κ1) is 11.3. The molecule has 0 saturated carbocycles. The summed E-state index contributed by atoms with van der Waals surface area (Å²) < 4.78 is 18.0. The van der Waals surface area contributed by atoms with Crippen molar-refractivity contribution >= 4 is 0 Å². The molecule has 0 fully saturated rings. The van der Waals surface area contributed by atoms with Gasteiger partial charge >= 0.3 is 0 Å². The first-order valence-electron chi connectivity index (χ1n) is 4.61. The van der Waals surface area contributed by atoms with Crippen molar-refractivity contribution in [1.82, 2.24) is 0 Å². The van der Waals surface area contributed by atoms with E-state index in [4.69, 9.17) is 10.3 Å². The highest BCUT2D eigenvalue weighted by Crippen LogP contribution is 2.18. The number of halogens is 1. The van der Waals surface area contributed by atoms with Crippen LogP contribution in [-0.4, -0.2) is 13.7 Å². The molecule has 0 aromatic heterocycles. The van der Waals surface area contributed by atoms with Crippen molar-refractivity contribution in [2.24, 2.45) is 5.11 Å². The van der Waals surface area contributed by atoms with Crippen molar-refractivity contribution in [2.45, 2.75) is 12.8 Å². The van der Waals surface area contributed by atoms with Gasteiger partial charge < -0.3 is 4.74 Å². The fraction of sp³-hybridized carbons (Fsp3) is 0.400. The normalized spacial score (nSPS) is 9.47. The van der Waals surface area contributed by atoms with Gasteiger partial charge in [-0.3, -0.25) is 0 Å². The van der Waals surface area contributed by atoms with Crippen LogP contribution in [0.5, 0.6) is 5.75 Å². The molecule has 0 radical (unpaired) electrons. The van der Waals surface area contributed by atoms with Gasteiger partial charge in [0.15, 0.2) is 11.6 Å². The van der Waals surface area contributed by atoms with Crippen LogP contribution >= 0.6 is 0 Å². The molecule has 0 unspecified atom stereocenters. The number of nitrogens with zero attached hydrogens (tertiary/aromatic N) is 3. The highest BCUT2D eigenvalue weighted by molar-refractivity contribution is 5.29. The van der Waals surface area contributed by atoms with Crippen molar-refractivity contribution in [1.29, 1.82) is 0 Å². The van der Waals surface area contributed by atoms with Gasteiger partial charge in [0.1, 0.15) is 0 Å². The zero-order chi connectivity index (χ0) is 11.1. The van der Waals surface area contributed by atoms with E-state index in [-0.39, 0.29) is 11.6 Å². The van der Waals surface area contributed by atoms with Crippen molar-refractivity contribution < 1.29 is 9.13 Å². The number of azide groups is 1. The second kappa shape index (κ2) is 5.88. The number of benzene rings is 1. The summed E-state index contributed by atoms with van der Waals surface area (Å²) in [4.78, 5) is 2.64. The van der Waals surface area contributed by atoms with E-state index >= 15 is 0 Å². The summed E-state index contributed by atoms with van der Waals surface area (Å²) in [6, 6.07) is 4.84. The molecule has 0 amide bonds. The predicted octanol–water partition coefficient (Wildman–Crippen LogP) is 3.08. The Balaban J connectivity index is 2.55. The van der Waals surface area contributed by atoms with E-state index in [1.54, 1.807) is 12.1 Å². The third-order valence-corrected chi connectivity index (χ3v) is 2.00. The summed E-state index contributed by atoms with van der Waals surface area (Å²) in [6.45, 7) is 0.435. The molecule has 4 nitrogen and oxygen atoms in total. The van der Waals surface area contributed by atoms with Gasteiger partial charge in [0.25, 0.3) is 0 Å². The fourth-order valence-electron chi connectivity index (χ4n) is 1.26. The van der Waals surface area contributed by atoms with E-state index in [9.17, 15) is 4.39 Å². The minimum Gasteiger partial charge on any atom is -0.494 e. The van der Waals surface area contributed by atoms with E-state index in [1.165, 1.54) is 13.2 Å². The molecule has 15 heavy (non-hydrogen) atoms. The standard InChI is InChI=1S/C10H12FN3O/c1-15-10-5-4-8(7-9(10)11)3-2-6-13-14-12/h4-5,7H,2-3,6H2,1H3. The van der Waals surface area contributed by atoms with Gasteiger partial charge in [-0.05, 0) is 36.1 Å². The van der Waals surface area contributed by atoms with Crippen LogP contribution in [0.3, 0.4) is 0 Å². The van der Waals surface area contributed by atoms with E-state index in [1.807, 2.05) is 0 Å². The van der Waals surface area contributed by atoms with Gasteiger partial charge in [-0.25, -0.2) is 4.39 Å². The van der Waals surface area contributed by atoms with Gasteiger partial charge in [-0.2, -0.15) is 0 Å². The van der Waals surface area contributed by atoms with Crippen molar-refractivity contribution in [2.75, 3.05) is 13.7 Å². The maximum Gasteiger partial charge on any atom is 0.165 e. The van der Waals surface area contributed by atoms with Gasteiger partial charge in [0, 0.05) is 11.5 Å². The average Bonchev–Trinajstić information content (AvgIpc) is 2.25. The van der Waals surface area contributed by atoms with Crippen LogP contribution in [0.25, 0.3) is 10.4 Å². The maximum atomic E-state index is 13.2. The first-order valence-corrected chi connectivity index (χ1v) is 4.61. The lowest BCUT2D eigenvalue weighted by Crippen LogP contribution is -1.92. The average molecular weight is 209 g/mol. The molecule has 1 rings (SSSR count). The van der Waals surface area contributed by atoms with Crippen molar-refractivity contribution in [3.05, 3.63) is 40.0 Å². The lowest BCUT2D eigenvalue weighted by molar-refractivity contribution is 0.386. The molecule has 80 valence electrons. The van der Waals surface area contributed by atoms with E-state index < -0.39 is 0 Å². The largest absolute Gasteiger partial charge is 0.494 e. The molecular formula is C10H12FN3O. The summed E-state index contributed by atoms with van der Waals surface area (Å²) in [5, 5.41) is 3.41. The van der Waals surface area contributed by atoms with Crippen molar-refractivity contribution in [3.63, 3.8) is 0 Å². The molecule has 0 aliphatic carbocycles. The summed E-state index contributed by atoms with van der Waals surface area (Å²) >= 11 is 0. The molecular weight excluding hydrogens is 197 g/mol. The number of ether oxygens (including phenoxy) is 1. The van der Waals surface area contributed by atoms with E-state index in [0.717, 1.165) is 12.0 Å². The van der Waals surface area contributed by atoms with E-state index in [2.05, 4.69) is 10.0 Å². The Kier molecular flexibility index (Phi) is 4.44. The summed E-state index contributed by atoms with van der Waals surface area (Å²) in [7, 11) is 1.43. The third kappa shape index (κ3) is 3.48. The zero-order valence-electron chi connectivity index (χ0n) is 8.48. The molecule has 0 N–H and O–H groups in total. The Morgan fingerprint density at radius 3 is 2.93 bits per heavy atom. The number of hydrogen-bond acceptors (Lipinski definition) is 2. The predicted molar refractivity (Wildman–Crippen MR) is 55.3 cm³/mol.